The van der Waals surface area contributed by atoms with Gasteiger partial charge in [0.1, 0.15) is 15.3 Å². The predicted octanol–water partition coefficient (Wildman–Crippen LogP) is 3.79. The van der Waals surface area contributed by atoms with Gasteiger partial charge in [-0.05, 0) is 12.1 Å². The fourth-order valence-electron chi connectivity index (χ4n) is 1.34. The normalized spacial score (nSPS) is 11.4. The summed E-state index contributed by atoms with van der Waals surface area (Å²) in [6.07, 6.45) is 0. The molecule has 2 heterocycles. The van der Waals surface area contributed by atoms with E-state index in [1.165, 1.54) is 23.5 Å². The number of halogens is 2. The summed E-state index contributed by atoms with van der Waals surface area (Å²) in [6.45, 7) is 6.09. The van der Waals surface area contributed by atoms with Crippen molar-refractivity contribution in [3.05, 3.63) is 33.0 Å². The zero-order chi connectivity index (χ0) is 14.9. The van der Waals surface area contributed by atoms with Crippen molar-refractivity contribution in [3.63, 3.8) is 0 Å². The summed E-state index contributed by atoms with van der Waals surface area (Å²) in [4.78, 5) is 15.8. The van der Waals surface area contributed by atoms with Crippen molar-refractivity contribution < 1.29 is 4.79 Å². The molecule has 0 spiro atoms. The third-order valence-corrected chi connectivity index (χ3v) is 3.96. The van der Waals surface area contributed by atoms with Crippen molar-refractivity contribution >= 4 is 45.6 Å². The van der Waals surface area contributed by atoms with Crippen molar-refractivity contribution in [1.29, 1.82) is 0 Å². The number of pyridine rings is 1. The third kappa shape index (κ3) is 3.65. The first-order valence-corrected chi connectivity index (χ1v) is 7.31. The molecule has 20 heavy (non-hydrogen) atoms. The maximum Gasteiger partial charge on any atom is 0.257 e. The van der Waals surface area contributed by atoms with Crippen LogP contribution in [0.4, 0.5) is 5.13 Å². The molecule has 1 N–H and O–H groups in total. The van der Waals surface area contributed by atoms with E-state index in [4.69, 9.17) is 23.2 Å². The SMILES string of the molecule is CC(C)(C)c1nnc(NC(=O)c2cc(Cl)nc(Cl)c2)s1. The molecule has 0 atom stereocenters. The van der Waals surface area contributed by atoms with Crippen LogP contribution in [-0.4, -0.2) is 21.1 Å². The average Bonchev–Trinajstić information content (AvgIpc) is 2.75. The summed E-state index contributed by atoms with van der Waals surface area (Å²) in [5.74, 6) is -0.354. The van der Waals surface area contributed by atoms with Gasteiger partial charge in [0.05, 0.1) is 0 Å². The molecule has 0 bridgehead atoms. The second-order valence-corrected chi connectivity index (χ2v) is 6.87. The molecule has 8 heteroatoms. The van der Waals surface area contributed by atoms with Gasteiger partial charge < -0.3 is 0 Å². The van der Waals surface area contributed by atoms with Crippen LogP contribution >= 0.6 is 34.5 Å². The van der Waals surface area contributed by atoms with E-state index in [0.717, 1.165) is 5.01 Å². The zero-order valence-electron chi connectivity index (χ0n) is 11.1. The lowest BCUT2D eigenvalue weighted by Crippen LogP contribution is -2.12. The number of rotatable bonds is 2. The molecule has 2 aromatic rings. The van der Waals surface area contributed by atoms with Crippen LogP contribution in [0, 0.1) is 0 Å². The highest BCUT2D eigenvalue weighted by atomic mass is 35.5. The van der Waals surface area contributed by atoms with Gasteiger partial charge in [-0.15, -0.1) is 10.2 Å². The largest absolute Gasteiger partial charge is 0.296 e. The van der Waals surface area contributed by atoms with Gasteiger partial charge in [-0.3, -0.25) is 10.1 Å². The molecular formula is C12H12Cl2N4OS. The molecule has 0 unspecified atom stereocenters. The van der Waals surface area contributed by atoms with E-state index < -0.39 is 0 Å². The molecule has 106 valence electrons. The highest BCUT2D eigenvalue weighted by Crippen LogP contribution is 2.28. The molecule has 1 amide bonds. The minimum atomic E-state index is -0.354. The van der Waals surface area contributed by atoms with Crippen LogP contribution in [-0.2, 0) is 5.41 Å². The zero-order valence-corrected chi connectivity index (χ0v) is 13.4. The first-order valence-electron chi connectivity index (χ1n) is 5.74. The third-order valence-electron chi connectivity index (χ3n) is 2.31. The fourth-order valence-corrected chi connectivity index (χ4v) is 2.60. The molecule has 5 nitrogen and oxygen atoms in total. The molecule has 0 saturated carbocycles. The smallest absolute Gasteiger partial charge is 0.257 e. The van der Waals surface area contributed by atoms with Crippen LogP contribution in [0.15, 0.2) is 12.1 Å². The summed E-state index contributed by atoms with van der Waals surface area (Å²) in [7, 11) is 0. The monoisotopic (exact) mass is 330 g/mol. The maximum absolute atomic E-state index is 12.1. The average molecular weight is 331 g/mol. The van der Waals surface area contributed by atoms with E-state index in [-0.39, 0.29) is 21.6 Å². The number of aromatic nitrogens is 3. The number of carbonyl (C=O) groups excluding carboxylic acids is 1. The number of amides is 1. The minimum Gasteiger partial charge on any atom is -0.296 e. The molecule has 0 aliphatic rings. The van der Waals surface area contributed by atoms with Crippen molar-refractivity contribution in [1.82, 2.24) is 15.2 Å². The second kappa shape index (κ2) is 5.63. The second-order valence-electron chi connectivity index (χ2n) is 5.12. The molecular weight excluding hydrogens is 319 g/mol. The topological polar surface area (TPSA) is 67.8 Å². The van der Waals surface area contributed by atoms with Crippen LogP contribution in [0.3, 0.4) is 0 Å². The summed E-state index contributed by atoms with van der Waals surface area (Å²) >= 11 is 12.9. The van der Waals surface area contributed by atoms with E-state index in [9.17, 15) is 4.79 Å². The van der Waals surface area contributed by atoms with Crippen molar-refractivity contribution in [2.45, 2.75) is 26.2 Å². The van der Waals surface area contributed by atoms with E-state index in [1.54, 1.807) is 0 Å². The number of hydrogen-bond acceptors (Lipinski definition) is 5. The molecule has 2 aromatic heterocycles. The van der Waals surface area contributed by atoms with Crippen LogP contribution in [0.2, 0.25) is 10.3 Å². The maximum atomic E-state index is 12.1. The lowest BCUT2D eigenvalue weighted by molar-refractivity contribution is 0.102. The molecule has 0 aliphatic heterocycles. The Kier molecular flexibility index (Phi) is 4.27. The Bertz CT molecular complexity index is 631. The Morgan fingerprint density at radius 1 is 1.20 bits per heavy atom. The number of nitrogens with zero attached hydrogens (tertiary/aromatic N) is 3. The van der Waals surface area contributed by atoms with E-state index in [2.05, 4.69) is 20.5 Å². The first-order chi connectivity index (χ1) is 9.25. The number of nitrogens with one attached hydrogen (secondary N) is 1. The first kappa shape index (κ1) is 15.2. The Hall–Kier alpha value is -1.24. The molecule has 0 aliphatic carbocycles. The summed E-state index contributed by atoms with van der Waals surface area (Å²) in [5, 5.41) is 12.3. The van der Waals surface area contributed by atoms with Crippen LogP contribution in [0.5, 0.6) is 0 Å². The molecule has 2 rings (SSSR count). The van der Waals surface area contributed by atoms with Crippen molar-refractivity contribution in [2.75, 3.05) is 5.32 Å². The summed E-state index contributed by atoms with van der Waals surface area (Å²) < 4.78 is 0. The Balaban J connectivity index is 2.17. The standard InChI is InChI=1S/C12H12Cl2N4OS/c1-12(2,3)10-17-18-11(20-10)16-9(19)6-4-7(13)15-8(14)5-6/h4-5H,1-3H3,(H,16,18,19). The Morgan fingerprint density at radius 3 is 2.30 bits per heavy atom. The van der Waals surface area contributed by atoms with E-state index in [0.29, 0.717) is 10.7 Å². The Labute approximate surface area is 130 Å². The van der Waals surface area contributed by atoms with Gasteiger partial charge in [0.2, 0.25) is 5.13 Å². The predicted molar refractivity (Wildman–Crippen MR) is 80.8 cm³/mol. The van der Waals surface area contributed by atoms with Gasteiger partial charge >= 0.3 is 0 Å². The van der Waals surface area contributed by atoms with Gasteiger partial charge in [0, 0.05) is 11.0 Å². The quantitative estimate of drug-likeness (QED) is 0.850. The van der Waals surface area contributed by atoms with Crippen LogP contribution in [0.25, 0.3) is 0 Å². The van der Waals surface area contributed by atoms with Gasteiger partial charge in [0.15, 0.2) is 0 Å². The Morgan fingerprint density at radius 2 is 1.80 bits per heavy atom. The van der Waals surface area contributed by atoms with Crippen LogP contribution in [0.1, 0.15) is 36.1 Å². The van der Waals surface area contributed by atoms with E-state index >= 15 is 0 Å². The van der Waals surface area contributed by atoms with Gasteiger partial charge in [-0.1, -0.05) is 55.3 Å². The van der Waals surface area contributed by atoms with Gasteiger partial charge in [-0.2, -0.15) is 0 Å². The lowest BCUT2D eigenvalue weighted by Gasteiger charge is -2.12. The van der Waals surface area contributed by atoms with Crippen LogP contribution < -0.4 is 5.32 Å². The minimum absolute atomic E-state index is 0.107. The fraction of sp³-hybridized carbons (Fsp3) is 0.333. The highest BCUT2D eigenvalue weighted by Gasteiger charge is 2.20. The lowest BCUT2D eigenvalue weighted by atomic mass is 9.98. The molecule has 0 fully saturated rings. The van der Waals surface area contributed by atoms with Crippen molar-refractivity contribution in [3.8, 4) is 0 Å². The molecule has 0 saturated heterocycles. The molecule has 0 radical (unpaired) electrons. The number of carbonyl (C=O) groups is 1. The summed E-state index contributed by atoms with van der Waals surface area (Å²) in [5.41, 5.74) is 0.215. The number of anilines is 1. The molecule has 0 aromatic carbocycles. The van der Waals surface area contributed by atoms with Gasteiger partial charge in [0.25, 0.3) is 5.91 Å². The van der Waals surface area contributed by atoms with Crippen molar-refractivity contribution in [2.24, 2.45) is 0 Å². The van der Waals surface area contributed by atoms with E-state index in [1.807, 2.05) is 20.8 Å². The van der Waals surface area contributed by atoms with Gasteiger partial charge in [-0.25, -0.2) is 4.98 Å². The summed E-state index contributed by atoms with van der Waals surface area (Å²) in [6, 6.07) is 2.88. The number of hydrogen-bond donors (Lipinski definition) is 1. The highest BCUT2D eigenvalue weighted by molar-refractivity contribution is 7.15.